The van der Waals surface area contributed by atoms with Gasteiger partial charge in [-0.25, -0.2) is 0 Å². The second-order valence-corrected chi connectivity index (χ2v) is 10.7. The largest absolute Gasteiger partial charge is 0.468 e. The Morgan fingerprint density at radius 3 is 1.97 bits per heavy atom. The van der Waals surface area contributed by atoms with Crippen LogP contribution in [0, 0.1) is 35.0 Å². The molecule has 3 nitrogen and oxygen atoms in total. The molecule has 0 amide bonds. The summed E-state index contributed by atoms with van der Waals surface area (Å²) < 4.78 is 4.90. The summed E-state index contributed by atoms with van der Waals surface area (Å²) >= 11 is 0. The predicted octanol–water partition coefficient (Wildman–Crippen LogP) is 6.73. The lowest BCUT2D eigenvalue weighted by Crippen LogP contribution is -2.43. The van der Waals surface area contributed by atoms with E-state index in [1.54, 1.807) is 6.92 Å². The molecule has 0 bridgehead atoms. The van der Waals surface area contributed by atoms with Gasteiger partial charge in [-0.05, 0) is 87.9 Å². The molecule has 166 valence electrons. The first-order valence-electron chi connectivity index (χ1n) is 12.6. The highest BCUT2D eigenvalue weighted by molar-refractivity contribution is 6.03. The summed E-state index contributed by atoms with van der Waals surface area (Å²) in [4.78, 5) is 24.8. The Kier molecular flexibility index (Phi) is 8.22. The molecule has 29 heavy (non-hydrogen) atoms. The number of ether oxygens (including phenoxy) is 1. The Bertz CT molecular complexity index is 540. The van der Waals surface area contributed by atoms with Crippen molar-refractivity contribution >= 4 is 11.8 Å². The molecule has 0 aliphatic heterocycles. The molecule has 0 aromatic carbocycles. The number of unbranched alkanes of at least 4 members (excludes halogenated alkanes) is 2. The molecular formula is C26H44O3. The third kappa shape index (κ3) is 5.44. The average Bonchev–Trinajstić information content (AvgIpc) is 2.76. The van der Waals surface area contributed by atoms with Gasteiger partial charge in [0.05, 0.1) is 7.11 Å². The van der Waals surface area contributed by atoms with Crippen molar-refractivity contribution in [3.05, 3.63) is 0 Å². The monoisotopic (exact) mass is 404 g/mol. The molecule has 0 aromatic rings. The molecule has 0 radical (unpaired) electrons. The van der Waals surface area contributed by atoms with Crippen LogP contribution in [-0.2, 0) is 14.3 Å². The van der Waals surface area contributed by atoms with Gasteiger partial charge in [0.2, 0.25) is 0 Å². The van der Waals surface area contributed by atoms with E-state index in [4.69, 9.17) is 4.74 Å². The van der Waals surface area contributed by atoms with Crippen LogP contribution in [0.5, 0.6) is 0 Å². The minimum Gasteiger partial charge on any atom is -0.468 e. The third-order valence-electron chi connectivity index (χ3n) is 8.97. The predicted molar refractivity (Wildman–Crippen MR) is 118 cm³/mol. The van der Waals surface area contributed by atoms with Crippen LogP contribution in [-0.4, -0.2) is 18.9 Å². The second kappa shape index (κ2) is 10.4. The van der Waals surface area contributed by atoms with Gasteiger partial charge in [0, 0.05) is 6.42 Å². The second-order valence-electron chi connectivity index (χ2n) is 10.7. The summed E-state index contributed by atoms with van der Waals surface area (Å²) in [6, 6.07) is 0. The normalized spacial score (nSPS) is 38.6. The van der Waals surface area contributed by atoms with Gasteiger partial charge in [-0.3, -0.25) is 9.59 Å². The number of hydrogen-bond acceptors (Lipinski definition) is 3. The van der Waals surface area contributed by atoms with Crippen molar-refractivity contribution in [2.75, 3.05) is 7.11 Å². The van der Waals surface area contributed by atoms with Gasteiger partial charge in [-0.2, -0.15) is 0 Å². The van der Waals surface area contributed by atoms with Crippen LogP contribution in [0.3, 0.4) is 0 Å². The van der Waals surface area contributed by atoms with Crippen LogP contribution in [0.25, 0.3) is 0 Å². The molecule has 0 heterocycles. The SMILES string of the molecule is CCCCC[C@H]1CC[C@H](C2CCC([C@@H]3CC[C@](C)(C(=O)OC)C(=O)C3)CC2)CC1. The van der Waals surface area contributed by atoms with E-state index in [1.165, 1.54) is 84.2 Å². The first kappa shape index (κ1) is 22.8. The molecular weight excluding hydrogens is 360 g/mol. The van der Waals surface area contributed by atoms with Crippen LogP contribution in [0.2, 0.25) is 0 Å². The number of esters is 1. The lowest BCUT2D eigenvalue weighted by atomic mass is 9.62. The van der Waals surface area contributed by atoms with E-state index in [0.29, 0.717) is 24.7 Å². The first-order chi connectivity index (χ1) is 14.0. The van der Waals surface area contributed by atoms with Crippen molar-refractivity contribution in [2.24, 2.45) is 35.0 Å². The molecule has 3 heteroatoms. The summed E-state index contributed by atoms with van der Waals surface area (Å²) in [6.07, 6.45) is 19.1. The van der Waals surface area contributed by atoms with E-state index in [0.717, 1.165) is 24.2 Å². The Labute approximate surface area is 178 Å². The summed E-state index contributed by atoms with van der Waals surface area (Å²) in [5, 5.41) is 0. The van der Waals surface area contributed by atoms with Crippen molar-refractivity contribution in [2.45, 2.75) is 110 Å². The molecule has 2 atom stereocenters. The van der Waals surface area contributed by atoms with Crippen LogP contribution in [0.1, 0.15) is 110 Å². The Hall–Kier alpha value is -0.860. The number of rotatable bonds is 7. The molecule has 0 unspecified atom stereocenters. The van der Waals surface area contributed by atoms with Crippen LogP contribution in [0.15, 0.2) is 0 Å². The smallest absolute Gasteiger partial charge is 0.319 e. The van der Waals surface area contributed by atoms with Crippen molar-refractivity contribution in [1.82, 2.24) is 0 Å². The van der Waals surface area contributed by atoms with Crippen molar-refractivity contribution < 1.29 is 14.3 Å². The number of carbonyl (C=O) groups excluding carboxylic acids is 2. The van der Waals surface area contributed by atoms with Crippen LogP contribution >= 0.6 is 0 Å². The lowest BCUT2D eigenvalue weighted by Gasteiger charge is -2.42. The number of methoxy groups -OCH3 is 1. The van der Waals surface area contributed by atoms with E-state index in [-0.39, 0.29) is 11.8 Å². The Morgan fingerprint density at radius 1 is 0.897 bits per heavy atom. The maximum absolute atomic E-state index is 12.7. The fourth-order valence-electron chi connectivity index (χ4n) is 6.74. The summed E-state index contributed by atoms with van der Waals surface area (Å²) in [7, 11) is 1.40. The maximum Gasteiger partial charge on any atom is 0.319 e. The Morgan fingerprint density at radius 2 is 1.45 bits per heavy atom. The molecule has 0 saturated heterocycles. The fourth-order valence-corrected chi connectivity index (χ4v) is 6.74. The van der Waals surface area contributed by atoms with Crippen molar-refractivity contribution in [3.8, 4) is 0 Å². The zero-order valence-electron chi connectivity index (χ0n) is 19.2. The maximum atomic E-state index is 12.7. The molecule has 0 N–H and O–H groups in total. The average molecular weight is 405 g/mol. The summed E-state index contributed by atoms with van der Waals surface area (Å²) in [6.45, 7) is 4.08. The van der Waals surface area contributed by atoms with Crippen LogP contribution < -0.4 is 0 Å². The zero-order chi connectivity index (χ0) is 20.9. The summed E-state index contributed by atoms with van der Waals surface area (Å²) in [5.74, 6) is 3.88. The van der Waals surface area contributed by atoms with Gasteiger partial charge in [-0.1, -0.05) is 45.4 Å². The third-order valence-corrected chi connectivity index (χ3v) is 8.97. The van der Waals surface area contributed by atoms with E-state index in [1.807, 2.05) is 0 Å². The molecule has 3 saturated carbocycles. The van der Waals surface area contributed by atoms with Crippen molar-refractivity contribution in [1.29, 1.82) is 0 Å². The van der Waals surface area contributed by atoms with E-state index >= 15 is 0 Å². The lowest BCUT2D eigenvalue weighted by molar-refractivity contribution is -0.160. The summed E-state index contributed by atoms with van der Waals surface area (Å²) in [5.41, 5.74) is -0.891. The molecule has 0 spiro atoms. The van der Waals surface area contributed by atoms with Gasteiger partial charge in [-0.15, -0.1) is 0 Å². The van der Waals surface area contributed by atoms with E-state index in [9.17, 15) is 9.59 Å². The molecule has 3 fully saturated rings. The van der Waals surface area contributed by atoms with Gasteiger partial charge < -0.3 is 4.74 Å². The number of hydrogen-bond donors (Lipinski definition) is 0. The number of Topliss-reactive ketones (excluding diaryl/α,β-unsaturated/α-hetero) is 1. The molecule has 3 rings (SSSR count). The standard InChI is InChI=1S/C26H44O3/c1-4-5-6-7-19-8-10-20(11-9-19)21-12-14-22(15-13-21)23-16-17-26(2,24(27)18-23)25(28)29-3/h19-23H,4-18H2,1-3H3/t19-,20-,21?,22?,23-,26+/m1/s1. The number of carbonyl (C=O) groups is 2. The topological polar surface area (TPSA) is 43.4 Å². The Balaban J connectivity index is 1.40. The van der Waals surface area contributed by atoms with Gasteiger partial charge in [0.25, 0.3) is 0 Å². The highest BCUT2D eigenvalue weighted by Crippen LogP contribution is 2.47. The fraction of sp³-hybridized carbons (Fsp3) is 0.923. The highest BCUT2D eigenvalue weighted by Gasteiger charge is 2.47. The van der Waals surface area contributed by atoms with E-state index < -0.39 is 5.41 Å². The van der Waals surface area contributed by atoms with Gasteiger partial charge in [0.15, 0.2) is 0 Å². The van der Waals surface area contributed by atoms with Gasteiger partial charge in [0.1, 0.15) is 11.2 Å². The first-order valence-corrected chi connectivity index (χ1v) is 12.6. The van der Waals surface area contributed by atoms with Gasteiger partial charge >= 0.3 is 5.97 Å². The molecule has 0 aromatic heterocycles. The minimum absolute atomic E-state index is 0.115. The quantitative estimate of drug-likeness (QED) is 0.268. The molecule has 3 aliphatic carbocycles. The molecule has 3 aliphatic rings. The zero-order valence-corrected chi connectivity index (χ0v) is 19.2. The van der Waals surface area contributed by atoms with Crippen LogP contribution in [0.4, 0.5) is 0 Å². The number of ketones is 1. The van der Waals surface area contributed by atoms with E-state index in [2.05, 4.69) is 6.92 Å². The highest BCUT2D eigenvalue weighted by atomic mass is 16.5. The van der Waals surface area contributed by atoms with Crippen molar-refractivity contribution in [3.63, 3.8) is 0 Å². The minimum atomic E-state index is -0.891.